The summed E-state index contributed by atoms with van der Waals surface area (Å²) in [7, 11) is 0. The molecule has 3 rings (SSSR count). The normalized spacial score (nSPS) is 16.0. The summed E-state index contributed by atoms with van der Waals surface area (Å²) in [5, 5.41) is 3.42. The van der Waals surface area contributed by atoms with Crippen molar-refractivity contribution in [3.05, 3.63) is 72.9 Å². The Morgan fingerprint density at radius 3 is 2.54 bits per heavy atom. The molecular formula is C17H11Cl2IN2O2. The van der Waals surface area contributed by atoms with E-state index < -0.39 is 6.03 Å². The van der Waals surface area contributed by atoms with Crippen molar-refractivity contribution in [1.82, 2.24) is 10.2 Å². The molecule has 1 saturated heterocycles. The molecule has 122 valence electrons. The molecule has 0 radical (unpaired) electrons. The summed E-state index contributed by atoms with van der Waals surface area (Å²) in [6.07, 6.45) is 1.68. The Balaban J connectivity index is 1.84. The molecule has 1 heterocycles. The average molecular weight is 473 g/mol. The maximum atomic E-state index is 12.5. The number of hydrogen-bond acceptors (Lipinski definition) is 2. The van der Waals surface area contributed by atoms with Crippen LogP contribution >= 0.6 is 45.8 Å². The summed E-state index contributed by atoms with van der Waals surface area (Å²) < 4.78 is 0.993. The molecule has 24 heavy (non-hydrogen) atoms. The molecule has 1 aliphatic rings. The van der Waals surface area contributed by atoms with Gasteiger partial charge in [-0.3, -0.25) is 9.69 Å². The molecule has 0 atom stereocenters. The second-order valence-electron chi connectivity index (χ2n) is 5.15. The Bertz CT molecular complexity index is 867. The number of carbonyl (C=O) groups is 2. The number of nitrogens with one attached hydrogen (secondary N) is 1. The third-order valence-electron chi connectivity index (χ3n) is 3.49. The van der Waals surface area contributed by atoms with Crippen LogP contribution in [-0.2, 0) is 11.3 Å². The van der Waals surface area contributed by atoms with Gasteiger partial charge in [-0.25, -0.2) is 4.79 Å². The predicted molar refractivity (Wildman–Crippen MR) is 103 cm³/mol. The molecule has 0 unspecified atom stereocenters. The second-order valence-corrected chi connectivity index (χ2v) is 7.13. The quantitative estimate of drug-likeness (QED) is 0.400. The van der Waals surface area contributed by atoms with E-state index in [1.165, 1.54) is 0 Å². The zero-order chi connectivity index (χ0) is 17.3. The maximum absolute atomic E-state index is 12.5. The first-order valence-electron chi connectivity index (χ1n) is 6.98. The summed E-state index contributed by atoms with van der Waals surface area (Å²) in [6, 6.07) is 12.2. The molecule has 1 fully saturated rings. The lowest BCUT2D eigenvalue weighted by molar-refractivity contribution is -0.123. The zero-order valence-electron chi connectivity index (χ0n) is 12.2. The smallest absolute Gasteiger partial charge is 0.303 e. The van der Waals surface area contributed by atoms with Crippen LogP contribution in [0.15, 0.2) is 48.2 Å². The molecule has 0 bridgehead atoms. The molecule has 2 aromatic carbocycles. The highest BCUT2D eigenvalue weighted by atomic mass is 127. The number of hydrogen-bond donors (Lipinski definition) is 1. The van der Waals surface area contributed by atoms with Crippen LogP contribution in [0.2, 0.25) is 10.0 Å². The van der Waals surface area contributed by atoms with Crippen LogP contribution in [-0.4, -0.2) is 16.8 Å². The van der Waals surface area contributed by atoms with Crippen molar-refractivity contribution < 1.29 is 9.59 Å². The van der Waals surface area contributed by atoms with Crippen molar-refractivity contribution in [3.8, 4) is 0 Å². The van der Waals surface area contributed by atoms with E-state index in [-0.39, 0.29) is 18.1 Å². The van der Waals surface area contributed by atoms with Crippen molar-refractivity contribution >= 4 is 63.8 Å². The van der Waals surface area contributed by atoms with Gasteiger partial charge in [-0.05, 0) is 58.0 Å². The van der Waals surface area contributed by atoms with Crippen LogP contribution in [0.4, 0.5) is 4.79 Å². The molecule has 3 amide bonds. The minimum absolute atomic E-state index is 0.130. The van der Waals surface area contributed by atoms with E-state index in [1.807, 2.05) is 24.3 Å². The molecule has 1 aliphatic heterocycles. The fraction of sp³-hybridized carbons (Fsp3) is 0.0588. The van der Waals surface area contributed by atoms with Gasteiger partial charge in [0.1, 0.15) is 5.70 Å². The maximum Gasteiger partial charge on any atom is 0.329 e. The van der Waals surface area contributed by atoms with Crippen LogP contribution in [0.5, 0.6) is 0 Å². The number of amides is 3. The van der Waals surface area contributed by atoms with E-state index in [1.54, 1.807) is 24.3 Å². The Morgan fingerprint density at radius 1 is 1.08 bits per heavy atom. The highest BCUT2D eigenvalue weighted by Crippen LogP contribution is 2.25. The van der Waals surface area contributed by atoms with Gasteiger partial charge in [0, 0.05) is 3.57 Å². The number of nitrogens with zero attached hydrogens (tertiary/aromatic N) is 1. The van der Waals surface area contributed by atoms with Gasteiger partial charge in [0.05, 0.1) is 16.6 Å². The minimum Gasteiger partial charge on any atom is -0.303 e. The van der Waals surface area contributed by atoms with Crippen molar-refractivity contribution in [2.75, 3.05) is 0 Å². The predicted octanol–water partition coefficient (Wildman–Crippen LogP) is 4.69. The van der Waals surface area contributed by atoms with Gasteiger partial charge in [0.15, 0.2) is 0 Å². The fourth-order valence-corrected chi connectivity index (χ4v) is 3.15. The fourth-order valence-electron chi connectivity index (χ4n) is 2.28. The van der Waals surface area contributed by atoms with Crippen LogP contribution in [0.25, 0.3) is 6.08 Å². The van der Waals surface area contributed by atoms with E-state index in [0.29, 0.717) is 10.0 Å². The number of carbonyl (C=O) groups excluding carboxylic acids is 2. The van der Waals surface area contributed by atoms with Gasteiger partial charge >= 0.3 is 6.03 Å². The molecule has 2 aromatic rings. The molecular weight excluding hydrogens is 462 g/mol. The first-order chi connectivity index (χ1) is 11.5. The highest BCUT2D eigenvalue weighted by molar-refractivity contribution is 14.1. The third kappa shape index (κ3) is 3.58. The summed E-state index contributed by atoms with van der Waals surface area (Å²) >= 11 is 14.0. The van der Waals surface area contributed by atoms with Crippen molar-refractivity contribution in [3.63, 3.8) is 0 Å². The van der Waals surface area contributed by atoms with Crippen LogP contribution in [0.3, 0.4) is 0 Å². The largest absolute Gasteiger partial charge is 0.329 e. The first-order valence-corrected chi connectivity index (χ1v) is 8.82. The summed E-state index contributed by atoms with van der Waals surface area (Å²) in [5.41, 5.74) is 1.85. The highest BCUT2D eigenvalue weighted by Gasteiger charge is 2.33. The molecule has 0 spiro atoms. The Morgan fingerprint density at radius 2 is 1.83 bits per heavy atom. The minimum atomic E-state index is -0.455. The standard InChI is InChI=1S/C17H11Cl2IN2O2/c18-12-6-5-10(7-13(12)19)9-22-16(23)15(21-17(22)24)8-11-3-1-2-4-14(11)20/h1-8H,9H2,(H,21,24)/b15-8-. The number of benzene rings is 2. The van der Waals surface area contributed by atoms with Gasteiger partial charge < -0.3 is 5.32 Å². The third-order valence-corrected chi connectivity index (χ3v) is 5.21. The lowest BCUT2D eigenvalue weighted by Gasteiger charge is -2.12. The summed E-state index contributed by atoms with van der Waals surface area (Å²) in [5.74, 6) is -0.370. The van der Waals surface area contributed by atoms with Crippen molar-refractivity contribution in [2.24, 2.45) is 0 Å². The molecule has 4 nitrogen and oxygen atoms in total. The van der Waals surface area contributed by atoms with Crippen LogP contribution < -0.4 is 5.32 Å². The number of halogens is 3. The summed E-state index contributed by atoms with van der Waals surface area (Å²) in [6.45, 7) is 0.130. The molecule has 0 aliphatic carbocycles. The Labute approximate surface area is 162 Å². The molecule has 1 N–H and O–H groups in total. The first kappa shape index (κ1) is 17.3. The van der Waals surface area contributed by atoms with Gasteiger partial charge in [-0.2, -0.15) is 0 Å². The van der Waals surface area contributed by atoms with Crippen LogP contribution in [0.1, 0.15) is 11.1 Å². The van der Waals surface area contributed by atoms with E-state index in [9.17, 15) is 9.59 Å². The lowest BCUT2D eigenvalue weighted by atomic mass is 10.2. The van der Waals surface area contributed by atoms with E-state index in [2.05, 4.69) is 27.9 Å². The van der Waals surface area contributed by atoms with Gasteiger partial charge in [-0.15, -0.1) is 0 Å². The monoisotopic (exact) mass is 472 g/mol. The van der Waals surface area contributed by atoms with Gasteiger partial charge in [0.25, 0.3) is 5.91 Å². The lowest BCUT2D eigenvalue weighted by Crippen LogP contribution is -2.30. The Hall–Kier alpha value is -1.57. The van der Waals surface area contributed by atoms with E-state index in [4.69, 9.17) is 23.2 Å². The van der Waals surface area contributed by atoms with Crippen LogP contribution in [0, 0.1) is 3.57 Å². The topological polar surface area (TPSA) is 49.4 Å². The number of rotatable bonds is 3. The number of urea groups is 1. The van der Waals surface area contributed by atoms with Crippen molar-refractivity contribution in [1.29, 1.82) is 0 Å². The number of imide groups is 1. The zero-order valence-corrected chi connectivity index (χ0v) is 15.9. The van der Waals surface area contributed by atoms with Gasteiger partial charge in [-0.1, -0.05) is 47.5 Å². The molecule has 0 saturated carbocycles. The SMILES string of the molecule is O=C1N/C(=C\c2ccccc2I)C(=O)N1Cc1ccc(Cl)c(Cl)c1. The average Bonchev–Trinajstić information content (AvgIpc) is 2.81. The van der Waals surface area contributed by atoms with E-state index in [0.717, 1.165) is 19.6 Å². The summed E-state index contributed by atoms with van der Waals surface area (Å²) in [4.78, 5) is 25.8. The van der Waals surface area contributed by atoms with Gasteiger partial charge in [0.2, 0.25) is 0 Å². The molecule has 0 aromatic heterocycles. The molecule has 7 heteroatoms. The van der Waals surface area contributed by atoms with E-state index >= 15 is 0 Å². The van der Waals surface area contributed by atoms with Crippen molar-refractivity contribution in [2.45, 2.75) is 6.54 Å². The Kier molecular flexibility index (Phi) is 5.12. The second kappa shape index (κ2) is 7.13.